The van der Waals surface area contributed by atoms with Gasteiger partial charge in [-0.25, -0.2) is 0 Å². The molecule has 0 spiro atoms. The van der Waals surface area contributed by atoms with Gasteiger partial charge in [0.2, 0.25) is 0 Å². The van der Waals surface area contributed by atoms with Gasteiger partial charge in [-0.1, -0.05) is 45.7 Å². The molecule has 2 aromatic rings. The minimum absolute atomic E-state index is 0.0399. The van der Waals surface area contributed by atoms with Crippen LogP contribution < -0.4 is 4.74 Å². The predicted molar refractivity (Wildman–Crippen MR) is 95.2 cm³/mol. The van der Waals surface area contributed by atoms with Gasteiger partial charge in [-0.3, -0.25) is 4.79 Å². The summed E-state index contributed by atoms with van der Waals surface area (Å²) in [5.41, 5.74) is 1.57. The normalized spacial score (nSPS) is 10.8. The summed E-state index contributed by atoms with van der Waals surface area (Å²) in [7, 11) is 0. The second-order valence-electron chi connectivity index (χ2n) is 4.66. The van der Waals surface area contributed by atoms with Gasteiger partial charge in [0.15, 0.2) is 5.78 Å². The van der Waals surface area contributed by atoms with E-state index < -0.39 is 0 Å². The van der Waals surface area contributed by atoms with Gasteiger partial charge in [-0.15, -0.1) is 0 Å². The number of allylic oxidation sites excluding steroid dienone is 1. The molecule has 0 heterocycles. The molecule has 0 fully saturated rings. The highest BCUT2D eigenvalue weighted by atomic mass is 79.9. The summed E-state index contributed by atoms with van der Waals surface area (Å²) >= 11 is 9.18. The lowest BCUT2D eigenvalue weighted by atomic mass is 10.1. The van der Waals surface area contributed by atoms with Crippen molar-refractivity contribution in [2.24, 2.45) is 0 Å². The molecule has 114 valence electrons. The van der Waals surface area contributed by atoms with Crippen molar-refractivity contribution >= 4 is 39.4 Å². The van der Waals surface area contributed by atoms with Crippen molar-refractivity contribution in [1.29, 1.82) is 0 Å². The van der Waals surface area contributed by atoms with Crippen LogP contribution in [0.1, 0.15) is 22.3 Å². The molecular weight excluding hydrogens is 364 g/mol. The molecule has 0 radical (unpaired) electrons. The highest BCUT2D eigenvalue weighted by Crippen LogP contribution is 2.15. The average Bonchev–Trinajstić information content (AvgIpc) is 2.55. The molecule has 0 unspecified atom stereocenters. The Kier molecular flexibility index (Phi) is 6.69. The van der Waals surface area contributed by atoms with Crippen LogP contribution in [0.25, 0.3) is 6.08 Å². The quantitative estimate of drug-likeness (QED) is 0.279. The summed E-state index contributed by atoms with van der Waals surface area (Å²) in [6.07, 6.45) is 4.29. The number of benzene rings is 2. The van der Waals surface area contributed by atoms with Gasteiger partial charge in [0.05, 0.1) is 6.61 Å². The summed E-state index contributed by atoms with van der Waals surface area (Å²) in [6, 6.07) is 14.5. The molecule has 0 aromatic heterocycles. The maximum atomic E-state index is 12.1. The standard InChI is InChI=1S/C18H16BrClO2/c19-12-1-13-22-17-9-5-15(6-10-17)18(21)11-4-14-2-7-16(20)8-3-14/h2-11H,1,12-13H2. The minimum atomic E-state index is -0.0399. The zero-order chi connectivity index (χ0) is 15.8. The van der Waals surface area contributed by atoms with Crippen molar-refractivity contribution < 1.29 is 9.53 Å². The molecule has 2 aromatic carbocycles. The zero-order valence-corrected chi connectivity index (χ0v) is 14.3. The van der Waals surface area contributed by atoms with Gasteiger partial charge in [0.1, 0.15) is 5.75 Å². The third-order valence-corrected chi connectivity index (χ3v) is 3.80. The number of hydrogen-bond donors (Lipinski definition) is 0. The smallest absolute Gasteiger partial charge is 0.185 e. The molecule has 0 atom stereocenters. The van der Waals surface area contributed by atoms with Crippen molar-refractivity contribution in [2.45, 2.75) is 6.42 Å². The predicted octanol–water partition coefficient (Wildman–Crippen LogP) is 5.40. The van der Waals surface area contributed by atoms with E-state index in [1.165, 1.54) is 0 Å². The van der Waals surface area contributed by atoms with E-state index in [0.29, 0.717) is 17.2 Å². The number of carbonyl (C=O) groups excluding carboxylic acids is 1. The molecule has 0 saturated carbocycles. The Labute approximate surface area is 143 Å². The van der Waals surface area contributed by atoms with E-state index in [0.717, 1.165) is 23.1 Å². The van der Waals surface area contributed by atoms with Crippen molar-refractivity contribution in [3.05, 3.63) is 70.8 Å². The number of alkyl halides is 1. The maximum absolute atomic E-state index is 12.1. The second-order valence-corrected chi connectivity index (χ2v) is 5.89. The van der Waals surface area contributed by atoms with E-state index in [4.69, 9.17) is 16.3 Å². The number of ether oxygens (including phenoxy) is 1. The SMILES string of the molecule is O=C(C=Cc1ccc(Cl)cc1)c1ccc(OCCCBr)cc1. The summed E-state index contributed by atoms with van der Waals surface area (Å²) in [4.78, 5) is 12.1. The first-order valence-electron chi connectivity index (χ1n) is 6.96. The molecule has 2 nitrogen and oxygen atoms in total. The first kappa shape index (κ1) is 16.8. The number of carbonyl (C=O) groups is 1. The summed E-state index contributed by atoms with van der Waals surface area (Å²) in [5, 5.41) is 1.60. The summed E-state index contributed by atoms with van der Waals surface area (Å²) in [5.74, 6) is 0.737. The van der Waals surface area contributed by atoms with Gasteiger partial charge in [0.25, 0.3) is 0 Å². The van der Waals surface area contributed by atoms with E-state index in [1.54, 1.807) is 36.4 Å². The van der Waals surface area contributed by atoms with Crippen LogP contribution in [-0.2, 0) is 0 Å². The van der Waals surface area contributed by atoms with Crippen LogP contribution in [0.5, 0.6) is 5.75 Å². The lowest BCUT2D eigenvalue weighted by Gasteiger charge is -2.05. The fourth-order valence-electron chi connectivity index (χ4n) is 1.80. The molecular formula is C18H16BrClO2. The fraction of sp³-hybridized carbons (Fsp3) is 0.167. The van der Waals surface area contributed by atoms with Crippen LogP contribution in [0.2, 0.25) is 5.02 Å². The Morgan fingerprint density at radius 2 is 1.77 bits per heavy atom. The van der Waals surface area contributed by atoms with Crippen LogP contribution >= 0.6 is 27.5 Å². The molecule has 2 rings (SSSR count). The third-order valence-electron chi connectivity index (χ3n) is 2.98. The van der Waals surface area contributed by atoms with E-state index in [2.05, 4.69) is 15.9 Å². The van der Waals surface area contributed by atoms with Crippen molar-refractivity contribution in [1.82, 2.24) is 0 Å². The van der Waals surface area contributed by atoms with Gasteiger partial charge in [0, 0.05) is 15.9 Å². The minimum Gasteiger partial charge on any atom is -0.494 e. The Morgan fingerprint density at radius 1 is 1.09 bits per heavy atom. The largest absolute Gasteiger partial charge is 0.494 e. The molecule has 0 saturated heterocycles. The lowest BCUT2D eigenvalue weighted by molar-refractivity contribution is 0.104. The Hall–Kier alpha value is -1.58. The first-order chi connectivity index (χ1) is 10.7. The molecule has 22 heavy (non-hydrogen) atoms. The van der Waals surface area contributed by atoms with E-state index in [1.807, 2.05) is 24.3 Å². The van der Waals surface area contributed by atoms with Gasteiger partial charge in [-0.2, -0.15) is 0 Å². The Balaban J connectivity index is 1.96. The van der Waals surface area contributed by atoms with Gasteiger partial charge < -0.3 is 4.74 Å². The number of rotatable bonds is 7. The fourth-order valence-corrected chi connectivity index (χ4v) is 2.16. The summed E-state index contributed by atoms with van der Waals surface area (Å²) < 4.78 is 5.55. The molecule has 0 bridgehead atoms. The molecule has 0 aliphatic rings. The van der Waals surface area contributed by atoms with Crippen molar-refractivity contribution in [3.8, 4) is 5.75 Å². The lowest BCUT2D eigenvalue weighted by Crippen LogP contribution is -1.99. The molecule has 4 heteroatoms. The molecule has 0 aliphatic heterocycles. The average molecular weight is 380 g/mol. The van der Waals surface area contributed by atoms with Gasteiger partial charge in [-0.05, 0) is 54.5 Å². The van der Waals surface area contributed by atoms with Crippen molar-refractivity contribution in [2.75, 3.05) is 11.9 Å². The highest BCUT2D eigenvalue weighted by Gasteiger charge is 2.02. The Bertz CT molecular complexity index is 633. The van der Waals surface area contributed by atoms with Crippen LogP contribution in [0.15, 0.2) is 54.6 Å². The van der Waals surface area contributed by atoms with Crippen molar-refractivity contribution in [3.63, 3.8) is 0 Å². The second kappa shape index (κ2) is 8.76. The monoisotopic (exact) mass is 378 g/mol. The number of ketones is 1. The van der Waals surface area contributed by atoms with Gasteiger partial charge >= 0.3 is 0 Å². The molecule has 0 aliphatic carbocycles. The highest BCUT2D eigenvalue weighted by molar-refractivity contribution is 9.09. The maximum Gasteiger partial charge on any atom is 0.185 e. The topological polar surface area (TPSA) is 26.3 Å². The third kappa shape index (κ3) is 5.32. The summed E-state index contributed by atoms with van der Waals surface area (Å²) in [6.45, 7) is 0.662. The van der Waals surface area contributed by atoms with Crippen LogP contribution in [0.3, 0.4) is 0 Å². The van der Waals surface area contributed by atoms with E-state index in [9.17, 15) is 4.79 Å². The number of hydrogen-bond acceptors (Lipinski definition) is 2. The molecule has 0 amide bonds. The number of halogens is 2. The zero-order valence-electron chi connectivity index (χ0n) is 12.0. The van der Waals surface area contributed by atoms with E-state index in [-0.39, 0.29) is 5.78 Å². The first-order valence-corrected chi connectivity index (χ1v) is 8.46. The molecule has 0 N–H and O–H groups in total. The Morgan fingerprint density at radius 3 is 2.41 bits per heavy atom. The van der Waals surface area contributed by atoms with Crippen LogP contribution in [-0.4, -0.2) is 17.7 Å². The van der Waals surface area contributed by atoms with Crippen LogP contribution in [0, 0.1) is 0 Å². The van der Waals surface area contributed by atoms with E-state index >= 15 is 0 Å². The van der Waals surface area contributed by atoms with Crippen LogP contribution in [0.4, 0.5) is 0 Å².